The van der Waals surface area contributed by atoms with Crippen LogP contribution in [0.5, 0.6) is 5.75 Å². The number of benzene rings is 2. The summed E-state index contributed by atoms with van der Waals surface area (Å²) in [6, 6.07) is 15.8. The first-order valence-electron chi connectivity index (χ1n) is 23.0. The van der Waals surface area contributed by atoms with Gasteiger partial charge in [0.15, 0.2) is 29.1 Å². The fourth-order valence-electron chi connectivity index (χ4n) is 7.37. The van der Waals surface area contributed by atoms with E-state index >= 15 is 0 Å². The molecule has 0 saturated heterocycles. The molecular weight excluding hydrogens is 1010 g/mol. The summed E-state index contributed by atoms with van der Waals surface area (Å²) in [5.74, 6) is -5.31. The molecule has 0 fully saturated rings. The van der Waals surface area contributed by atoms with Gasteiger partial charge in [-0.25, -0.2) is 26.9 Å². The van der Waals surface area contributed by atoms with E-state index in [4.69, 9.17) is 9.47 Å². The fraction of sp³-hybridized carbons (Fsp3) is 0.320. The number of halogens is 4. The molecule has 6 rings (SSSR count). The van der Waals surface area contributed by atoms with Crippen LogP contribution in [0, 0.1) is 17.0 Å². The van der Waals surface area contributed by atoms with E-state index in [0.717, 1.165) is 44.1 Å². The highest BCUT2D eigenvalue weighted by molar-refractivity contribution is 7.13. The van der Waals surface area contributed by atoms with Crippen molar-refractivity contribution < 1.29 is 60.1 Å². The van der Waals surface area contributed by atoms with Crippen LogP contribution in [0.25, 0.3) is 17.3 Å². The fourth-order valence-corrected chi connectivity index (χ4v) is 8.64. The Balaban J connectivity index is 0.841. The van der Waals surface area contributed by atoms with Gasteiger partial charge < -0.3 is 40.2 Å². The number of hydrogen-bond acceptors (Lipinski definition) is 11. The number of hydrogen-bond donors (Lipinski definition) is 5. The Labute approximate surface area is 432 Å². The summed E-state index contributed by atoms with van der Waals surface area (Å²) in [7, 11) is 0.186. The summed E-state index contributed by atoms with van der Waals surface area (Å²) in [4.78, 5) is 87.3. The minimum Gasteiger partial charge on any atom is -0.484 e. The summed E-state index contributed by atoms with van der Waals surface area (Å²) in [5, 5.41) is 13.7. The van der Waals surface area contributed by atoms with Crippen molar-refractivity contribution >= 4 is 88.1 Å². The van der Waals surface area contributed by atoms with Gasteiger partial charge in [-0.15, -0.1) is 22.7 Å². The number of allylic oxidation sites excluding steroid dienone is 2. The molecule has 6 amide bonds. The van der Waals surface area contributed by atoms with E-state index in [1.54, 1.807) is 87.7 Å². The monoisotopic (exact) mass is 1060 g/mol. The molecule has 0 spiro atoms. The number of nitrogens with one attached hydrogen (secondary N) is 5. The molecule has 24 heteroatoms. The third-order valence-corrected chi connectivity index (χ3v) is 13.2. The Hall–Kier alpha value is -7.44. The van der Waals surface area contributed by atoms with E-state index in [9.17, 15) is 46.2 Å². The zero-order valence-corrected chi connectivity index (χ0v) is 43.0. The quantitative estimate of drug-likeness (QED) is 0.0249. The number of thiophene rings is 1. The number of aromatic nitrogens is 2. The van der Waals surface area contributed by atoms with E-state index < -0.39 is 71.1 Å². The largest absolute Gasteiger partial charge is 0.935 e. The van der Waals surface area contributed by atoms with Crippen molar-refractivity contribution in [2.45, 2.75) is 46.1 Å². The van der Waals surface area contributed by atoms with Gasteiger partial charge in [0.1, 0.15) is 17.0 Å². The predicted octanol–water partition coefficient (Wildman–Crippen LogP) is 6.83. The van der Waals surface area contributed by atoms with Crippen molar-refractivity contribution in [3.63, 3.8) is 0 Å². The second-order valence-electron chi connectivity index (χ2n) is 18.2. The molecule has 1 aliphatic heterocycles. The Morgan fingerprint density at radius 2 is 1.54 bits per heavy atom. The molecule has 0 atom stereocenters. The van der Waals surface area contributed by atoms with Gasteiger partial charge in [-0.2, -0.15) is 0 Å². The van der Waals surface area contributed by atoms with Crippen molar-refractivity contribution in [2.24, 2.45) is 5.41 Å². The Kier molecular flexibility index (Phi) is 18.9. The second-order valence-corrected chi connectivity index (χ2v) is 20.0. The van der Waals surface area contributed by atoms with E-state index in [1.807, 2.05) is 17.5 Å². The maximum atomic E-state index is 14.8. The minimum absolute atomic E-state index is 0.0893. The van der Waals surface area contributed by atoms with Crippen molar-refractivity contribution in [1.82, 2.24) is 30.4 Å². The van der Waals surface area contributed by atoms with E-state index in [2.05, 4.69) is 31.2 Å². The highest BCUT2D eigenvalue weighted by Gasteiger charge is 2.42. The summed E-state index contributed by atoms with van der Waals surface area (Å²) in [5.41, 5.74) is -0.329. The maximum absolute atomic E-state index is 14.8. The standard InChI is InChI=1S/C50H54BF4N9O8S2/c1-49(2,27-41(65)60-45-36(52)24-32(25-37(45)53)46(69)61-48-58-19-23-74-48)28-43(67)62(5)29-42(66)56-17-20-71-21-18-57-47(70)50(3,4)63(6)44(68)30-72-35-13-9-31(10-14-35)38-15-11-33(59-38)26-34-12-16-39(64(34)51(54)55)40-8-7-22-73-40/h7-16,19,22-26H,17-18,20-21,27-30H2,1-6H3,(H4,56,57,58,60,61,65,66,69,70)/p+1. The number of thiazole rings is 1. The summed E-state index contributed by atoms with van der Waals surface area (Å²) < 4.78 is 70.1. The average molecular weight is 1060 g/mol. The lowest BCUT2D eigenvalue weighted by Gasteiger charge is -2.34. The maximum Gasteiger partial charge on any atom is 0.935 e. The van der Waals surface area contributed by atoms with Crippen LogP contribution in [0.2, 0.25) is 0 Å². The molecule has 0 unspecified atom stereocenters. The van der Waals surface area contributed by atoms with Crippen molar-refractivity contribution in [3.05, 3.63) is 123 Å². The number of likely N-dealkylation sites (N-methyl/N-ethyl adjacent to an activating group) is 2. The molecule has 390 valence electrons. The second kappa shape index (κ2) is 25.0. The number of carbonyl (C=O) groups is 6. The number of carbonyl (C=O) groups excluding carboxylic acids is 6. The number of nitrogens with zero attached hydrogens (tertiary/aromatic N) is 4. The predicted molar refractivity (Wildman–Crippen MR) is 275 cm³/mol. The molecule has 5 aromatic rings. The number of rotatable bonds is 24. The molecule has 5 N–H and O–H groups in total. The van der Waals surface area contributed by atoms with Crippen LogP contribution in [0.4, 0.5) is 28.2 Å². The van der Waals surface area contributed by atoms with Crippen LogP contribution in [0.3, 0.4) is 0 Å². The molecule has 74 heavy (non-hydrogen) atoms. The van der Waals surface area contributed by atoms with Gasteiger partial charge in [0, 0.05) is 86.8 Å². The van der Waals surface area contributed by atoms with Gasteiger partial charge in [0.05, 0.1) is 24.6 Å². The first-order chi connectivity index (χ1) is 35.1. The zero-order chi connectivity index (χ0) is 53.7. The van der Waals surface area contributed by atoms with Gasteiger partial charge in [0.2, 0.25) is 29.3 Å². The highest BCUT2D eigenvalue weighted by atomic mass is 32.1. The van der Waals surface area contributed by atoms with Crippen LogP contribution in [0.1, 0.15) is 61.5 Å². The van der Waals surface area contributed by atoms with Gasteiger partial charge in [-0.1, -0.05) is 19.9 Å². The Bertz CT molecular complexity index is 2900. The van der Waals surface area contributed by atoms with Crippen LogP contribution >= 0.6 is 22.7 Å². The van der Waals surface area contributed by atoms with Gasteiger partial charge in [0.25, 0.3) is 11.8 Å². The molecule has 0 bridgehead atoms. The molecule has 3 aromatic heterocycles. The molecule has 4 heterocycles. The van der Waals surface area contributed by atoms with Crippen LogP contribution in [-0.4, -0.2) is 132 Å². The van der Waals surface area contributed by atoms with Gasteiger partial charge in [-0.05, 0) is 84.8 Å². The molecule has 17 nitrogen and oxygen atoms in total. The minimum atomic E-state index is -2.72. The van der Waals surface area contributed by atoms with Crippen molar-refractivity contribution in [1.29, 1.82) is 0 Å². The third kappa shape index (κ3) is 15.1. The number of ether oxygens (including phenoxy) is 2. The number of anilines is 2. The van der Waals surface area contributed by atoms with Crippen molar-refractivity contribution in [2.75, 3.05) is 64.2 Å². The lowest BCUT2D eigenvalue weighted by Crippen LogP contribution is -2.56. The Morgan fingerprint density at radius 3 is 2.19 bits per heavy atom. The van der Waals surface area contributed by atoms with Crippen molar-refractivity contribution in [3.8, 4) is 17.0 Å². The van der Waals surface area contributed by atoms with Crippen LogP contribution in [-0.2, 0) is 28.7 Å². The molecule has 0 aliphatic carbocycles. The topological polar surface area (TPSA) is 207 Å². The molecule has 0 radical (unpaired) electrons. The van der Waals surface area contributed by atoms with E-state index in [-0.39, 0.29) is 63.0 Å². The SMILES string of the molecule is CN(CC(=O)NCCOCCNC(=O)C(C)(C)N(C)C(=O)COc1ccc(-c2ccc(/C=C3/C=CC(c4cccs4)=[N+]3B(F)F)[nH]2)cc1)C(=O)CC(C)(C)CC(=O)Nc1c(F)cc(C(=O)Nc2nccs2)cc1F. The summed E-state index contributed by atoms with van der Waals surface area (Å²) >= 11 is 2.51. The van der Waals surface area contributed by atoms with E-state index in [1.165, 1.54) is 41.4 Å². The number of aromatic amines is 1. The first-order valence-corrected chi connectivity index (χ1v) is 24.8. The highest BCUT2D eigenvalue weighted by Crippen LogP contribution is 2.29. The number of H-pyrrole nitrogens is 1. The third-order valence-electron chi connectivity index (χ3n) is 11.6. The van der Waals surface area contributed by atoms with Gasteiger partial charge >= 0.3 is 7.40 Å². The average Bonchev–Trinajstić information content (AvgIpc) is 4.21. The molecule has 1 aliphatic rings. The summed E-state index contributed by atoms with van der Waals surface area (Å²) in [6.07, 6.45) is 5.97. The lowest BCUT2D eigenvalue weighted by molar-refractivity contribution is -0.339. The van der Waals surface area contributed by atoms with E-state index in [0.29, 0.717) is 22.9 Å². The van der Waals surface area contributed by atoms with Gasteiger partial charge in [-0.3, -0.25) is 34.1 Å². The first kappa shape index (κ1) is 55.9. The normalized spacial score (nSPS) is 12.9. The lowest BCUT2D eigenvalue weighted by atomic mass is 9.84. The molecule has 2 aromatic carbocycles. The number of amides is 6. The zero-order valence-electron chi connectivity index (χ0n) is 41.4. The molecular formula is C50H55BF4N9O8S2+. The smallest absolute Gasteiger partial charge is 0.484 e. The Morgan fingerprint density at radius 1 is 0.838 bits per heavy atom. The van der Waals surface area contributed by atoms with Crippen LogP contribution in [0.15, 0.2) is 95.5 Å². The summed E-state index contributed by atoms with van der Waals surface area (Å²) in [6.45, 7) is 6.15. The molecule has 0 saturated carbocycles. The van der Waals surface area contributed by atoms with Crippen LogP contribution < -0.4 is 26.0 Å².